The molecule has 0 radical (unpaired) electrons. The molecule has 0 aliphatic rings. The summed E-state index contributed by atoms with van der Waals surface area (Å²) in [5.41, 5.74) is -0.227. The fourth-order valence-electron chi connectivity index (χ4n) is 1.67. The maximum absolute atomic E-state index is 10.9. The molecular formula is C12H8O5. The van der Waals surface area contributed by atoms with Crippen molar-refractivity contribution >= 4 is 22.7 Å². The molecule has 0 fully saturated rings. The Morgan fingerprint density at radius 2 is 1.59 bits per heavy atom. The van der Waals surface area contributed by atoms with E-state index in [1.54, 1.807) is 6.07 Å². The number of benzene rings is 2. The Balaban J connectivity index is 2.82. The summed E-state index contributed by atoms with van der Waals surface area (Å²) in [6.45, 7) is 0. The van der Waals surface area contributed by atoms with Crippen LogP contribution >= 0.6 is 0 Å². The van der Waals surface area contributed by atoms with Crippen LogP contribution in [0.3, 0.4) is 0 Å². The Kier molecular flexibility index (Phi) is 2.44. The number of phenols is 1. The summed E-state index contributed by atoms with van der Waals surface area (Å²) < 4.78 is 0. The lowest BCUT2D eigenvalue weighted by molar-refractivity contribution is 0.0686. The van der Waals surface area contributed by atoms with Crippen LogP contribution in [-0.2, 0) is 0 Å². The number of fused-ring (bicyclic) bond motifs is 1. The van der Waals surface area contributed by atoms with Crippen molar-refractivity contribution < 1.29 is 24.9 Å². The van der Waals surface area contributed by atoms with Crippen LogP contribution in [-0.4, -0.2) is 27.3 Å². The second-order valence-electron chi connectivity index (χ2n) is 3.51. The standard InChI is InChI=1S/C12H8O5/c13-10-5-8-6(4-9(10)12(16)17)2-1-3-7(8)11(14)15/h1-5,13H,(H,14,15)(H,16,17). The SMILES string of the molecule is O=C(O)c1cc2cccc(C(=O)O)c2cc1O. The predicted molar refractivity (Wildman–Crippen MR) is 59.5 cm³/mol. The third-order valence-corrected chi connectivity index (χ3v) is 2.46. The van der Waals surface area contributed by atoms with Crippen molar-refractivity contribution in [2.24, 2.45) is 0 Å². The van der Waals surface area contributed by atoms with Gasteiger partial charge in [-0.3, -0.25) is 0 Å². The molecule has 0 unspecified atom stereocenters. The Morgan fingerprint density at radius 3 is 2.18 bits per heavy atom. The van der Waals surface area contributed by atoms with Gasteiger partial charge in [0.1, 0.15) is 11.3 Å². The van der Waals surface area contributed by atoms with Crippen LogP contribution in [0, 0.1) is 0 Å². The molecule has 3 N–H and O–H groups in total. The molecule has 2 aromatic rings. The van der Waals surface area contributed by atoms with Gasteiger partial charge in [0, 0.05) is 0 Å². The third-order valence-electron chi connectivity index (χ3n) is 2.46. The number of hydrogen-bond acceptors (Lipinski definition) is 3. The zero-order chi connectivity index (χ0) is 12.6. The summed E-state index contributed by atoms with van der Waals surface area (Å²) in [6, 6.07) is 6.91. The molecule has 0 saturated heterocycles. The number of carboxylic acids is 2. The summed E-state index contributed by atoms with van der Waals surface area (Å²) >= 11 is 0. The highest BCUT2D eigenvalue weighted by molar-refractivity contribution is 6.06. The van der Waals surface area contributed by atoms with Crippen LogP contribution in [0.4, 0.5) is 0 Å². The highest BCUT2D eigenvalue weighted by Gasteiger charge is 2.14. The van der Waals surface area contributed by atoms with Crippen LogP contribution in [0.25, 0.3) is 10.8 Å². The Bertz CT molecular complexity index is 630. The van der Waals surface area contributed by atoms with E-state index in [0.717, 1.165) is 6.07 Å². The van der Waals surface area contributed by atoms with E-state index < -0.39 is 17.7 Å². The van der Waals surface area contributed by atoms with Crippen molar-refractivity contribution in [1.29, 1.82) is 0 Å². The lowest BCUT2D eigenvalue weighted by atomic mass is 10.0. The van der Waals surface area contributed by atoms with E-state index >= 15 is 0 Å². The molecule has 0 bridgehead atoms. The molecule has 0 aliphatic carbocycles. The second-order valence-corrected chi connectivity index (χ2v) is 3.51. The molecule has 0 amide bonds. The molecule has 0 heterocycles. The first-order valence-electron chi connectivity index (χ1n) is 4.73. The fourth-order valence-corrected chi connectivity index (χ4v) is 1.67. The van der Waals surface area contributed by atoms with Crippen LogP contribution in [0.2, 0.25) is 0 Å². The highest BCUT2D eigenvalue weighted by Crippen LogP contribution is 2.27. The molecule has 0 aromatic heterocycles. The van der Waals surface area contributed by atoms with Crippen molar-refractivity contribution in [3.8, 4) is 5.75 Å². The number of rotatable bonds is 2. The number of carbonyl (C=O) groups is 2. The molecule has 0 atom stereocenters. The van der Waals surface area contributed by atoms with E-state index in [-0.39, 0.29) is 11.1 Å². The molecular weight excluding hydrogens is 224 g/mol. The van der Waals surface area contributed by atoms with E-state index in [9.17, 15) is 14.7 Å². The van der Waals surface area contributed by atoms with Crippen LogP contribution in [0.5, 0.6) is 5.75 Å². The van der Waals surface area contributed by atoms with Crippen LogP contribution in [0.15, 0.2) is 30.3 Å². The zero-order valence-corrected chi connectivity index (χ0v) is 8.54. The predicted octanol–water partition coefficient (Wildman–Crippen LogP) is 1.94. The highest BCUT2D eigenvalue weighted by atomic mass is 16.4. The molecule has 2 rings (SSSR count). The summed E-state index contributed by atoms with van der Waals surface area (Å²) in [7, 11) is 0. The van der Waals surface area contributed by atoms with Crippen molar-refractivity contribution in [1.82, 2.24) is 0 Å². The molecule has 0 saturated carbocycles. The Labute approximate surface area is 95.5 Å². The van der Waals surface area contributed by atoms with Gasteiger partial charge in [0.2, 0.25) is 0 Å². The lowest BCUT2D eigenvalue weighted by Crippen LogP contribution is -2.00. The van der Waals surface area contributed by atoms with E-state index in [0.29, 0.717) is 10.8 Å². The van der Waals surface area contributed by atoms with Gasteiger partial charge in [-0.05, 0) is 29.0 Å². The maximum atomic E-state index is 10.9. The van der Waals surface area contributed by atoms with Crippen molar-refractivity contribution in [3.63, 3.8) is 0 Å². The minimum Gasteiger partial charge on any atom is -0.507 e. The Morgan fingerprint density at radius 1 is 0.941 bits per heavy atom. The minimum absolute atomic E-state index is 0.0229. The average molecular weight is 232 g/mol. The first-order chi connectivity index (χ1) is 8.00. The average Bonchev–Trinajstić information content (AvgIpc) is 2.26. The molecule has 17 heavy (non-hydrogen) atoms. The van der Waals surface area contributed by atoms with Crippen molar-refractivity contribution in [3.05, 3.63) is 41.5 Å². The zero-order valence-electron chi connectivity index (χ0n) is 8.54. The van der Waals surface area contributed by atoms with Crippen LogP contribution < -0.4 is 0 Å². The largest absolute Gasteiger partial charge is 0.507 e. The molecule has 0 spiro atoms. The maximum Gasteiger partial charge on any atom is 0.339 e. The first kappa shape index (κ1) is 10.9. The Hall–Kier alpha value is -2.56. The second kappa shape index (κ2) is 3.79. The molecule has 5 nitrogen and oxygen atoms in total. The van der Waals surface area contributed by atoms with Gasteiger partial charge in [0.15, 0.2) is 0 Å². The summed E-state index contributed by atoms with van der Waals surface area (Å²) in [5, 5.41) is 28.1. The number of aromatic hydroxyl groups is 1. The summed E-state index contributed by atoms with van der Waals surface area (Å²) in [6.07, 6.45) is 0. The normalized spacial score (nSPS) is 10.4. The first-order valence-corrected chi connectivity index (χ1v) is 4.73. The van der Waals surface area contributed by atoms with Gasteiger partial charge in [-0.15, -0.1) is 0 Å². The minimum atomic E-state index is -1.26. The van der Waals surface area contributed by atoms with E-state index in [1.807, 2.05) is 0 Å². The molecule has 86 valence electrons. The van der Waals surface area contributed by atoms with Gasteiger partial charge in [-0.25, -0.2) is 9.59 Å². The van der Waals surface area contributed by atoms with Gasteiger partial charge < -0.3 is 15.3 Å². The van der Waals surface area contributed by atoms with Gasteiger partial charge >= 0.3 is 11.9 Å². The van der Waals surface area contributed by atoms with Crippen molar-refractivity contribution in [2.45, 2.75) is 0 Å². The molecule has 2 aromatic carbocycles. The number of hydrogen-bond donors (Lipinski definition) is 3. The fraction of sp³-hybridized carbons (Fsp3) is 0. The topological polar surface area (TPSA) is 94.8 Å². The number of carboxylic acid groups (broad SMARTS) is 2. The van der Waals surface area contributed by atoms with E-state index in [4.69, 9.17) is 10.2 Å². The number of aromatic carboxylic acids is 2. The van der Waals surface area contributed by atoms with Crippen molar-refractivity contribution in [2.75, 3.05) is 0 Å². The smallest absolute Gasteiger partial charge is 0.339 e. The van der Waals surface area contributed by atoms with Gasteiger partial charge in [-0.1, -0.05) is 12.1 Å². The van der Waals surface area contributed by atoms with E-state index in [2.05, 4.69) is 0 Å². The molecule has 0 aliphatic heterocycles. The molecule has 5 heteroatoms. The van der Waals surface area contributed by atoms with Gasteiger partial charge in [-0.2, -0.15) is 0 Å². The van der Waals surface area contributed by atoms with E-state index in [1.165, 1.54) is 18.2 Å². The van der Waals surface area contributed by atoms with Gasteiger partial charge in [0.05, 0.1) is 5.56 Å². The summed E-state index contributed by atoms with van der Waals surface area (Å²) in [5.74, 6) is -2.83. The lowest BCUT2D eigenvalue weighted by Gasteiger charge is -2.05. The summed E-state index contributed by atoms with van der Waals surface area (Å²) in [4.78, 5) is 21.8. The third kappa shape index (κ3) is 1.78. The monoisotopic (exact) mass is 232 g/mol. The van der Waals surface area contributed by atoms with Gasteiger partial charge in [0.25, 0.3) is 0 Å². The quantitative estimate of drug-likeness (QED) is 0.735. The van der Waals surface area contributed by atoms with Crippen LogP contribution in [0.1, 0.15) is 20.7 Å².